The van der Waals surface area contributed by atoms with Gasteiger partial charge in [-0.25, -0.2) is 0 Å². The Hall–Kier alpha value is -3.21. The smallest absolute Gasteiger partial charge is 0.248 e. The number of hydrogen-bond donors (Lipinski definition) is 1. The highest BCUT2D eigenvalue weighted by molar-refractivity contribution is 6.36. The minimum Gasteiger partial charge on any atom is -0.496 e. The molecule has 1 amide bonds. The van der Waals surface area contributed by atoms with Gasteiger partial charge in [0, 0.05) is 44.4 Å². The Morgan fingerprint density at radius 3 is 2.50 bits per heavy atom. The Labute approximate surface area is 209 Å². The van der Waals surface area contributed by atoms with Crippen molar-refractivity contribution in [1.82, 2.24) is 0 Å². The van der Waals surface area contributed by atoms with Gasteiger partial charge in [-0.1, -0.05) is 41.4 Å². The third-order valence-corrected chi connectivity index (χ3v) is 6.65. The molecule has 0 bridgehead atoms. The van der Waals surface area contributed by atoms with Crippen molar-refractivity contribution in [3.8, 4) is 16.9 Å². The third-order valence-electron chi connectivity index (χ3n) is 6.10. The fourth-order valence-electron chi connectivity index (χ4n) is 4.12. The van der Waals surface area contributed by atoms with Crippen molar-refractivity contribution in [2.45, 2.75) is 27.7 Å². The van der Waals surface area contributed by atoms with Gasteiger partial charge in [0.15, 0.2) is 0 Å². The van der Waals surface area contributed by atoms with Gasteiger partial charge in [-0.15, -0.1) is 0 Å². The van der Waals surface area contributed by atoms with Crippen molar-refractivity contribution in [3.05, 3.63) is 87.1 Å². The van der Waals surface area contributed by atoms with Crippen molar-refractivity contribution in [2.75, 3.05) is 12.4 Å². The molecule has 6 heteroatoms. The number of furan rings is 1. The van der Waals surface area contributed by atoms with Crippen LogP contribution in [0.25, 0.3) is 27.7 Å². The number of nitrogens with one attached hydrogen (secondary N) is 1. The number of fused-ring (bicyclic) bond motifs is 1. The maximum absolute atomic E-state index is 12.8. The summed E-state index contributed by atoms with van der Waals surface area (Å²) in [4.78, 5) is 12.8. The number of rotatable bonds is 5. The summed E-state index contributed by atoms with van der Waals surface area (Å²) in [6.45, 7) is 7.83. The minimum absolute atomic E-state index is 0.209. The van der Waals surface area contributed by atoms with Gasteiger partial charge in [0.25, 0.3) is 0 Å². The van der Waals surface area contributed by atoms with Gasteiger partial charge in [0.1, 0.15) is 11.3 Å². The summed E-state index contributed by atoms with van der Waals surface area (Å²) in [5, 5.41) is 4.95. The molecule has 0 atom stereocenters. The van der Waals surface area contributed by atoms with E-state index >= 15 is 0 Å². The number of methoxy groups -OCH3 is 1. The summed E-state index contributed by atoms with van der Waals surface area (Å²) in [5.74, 6) is 0.447. The standard InChI is InChI=1S/C28H25Cl2NO3/c1-15-7-6-8-25(17(15)3)31-26(32)11-16(2)21-13-22-23(20-10-9-19(29)12-24(20)30)14-34-28(22)18(4)27(21)33-5/h6-14H,1-5H3,(H,31,32)/b16-11+. The number of halogens is 2. The zero-order valence-electron chi connectivity index (χ0n) is 19.7. The molecule has 0 saturated carbocycles. The van der Waals surface area contributed by atoms with Crippen LogP contribution in [0.5, 0.6) is 5.75 Å². The first-order valence-electron chi connectivity index (χ1n) is 10.8. The summed E-state index contributed by atoms with van der Waals surface area (Å²) in [7, 11) is 1.61. The molecule has 0 aliphatic carbocycles. The summed E-state index contributed by atoms with van der Waals surface area (Å²) in [6, 6.07) is 13.2. The van der Waals surface area contributed by atoms with Crippen molar-refractivity contribution in [2.24, 2.45) is 0 Å². The molecule has 1 heterocycles. The number of benzene rings is 3. The van der Waals surface area contributed by atoms with Gasteiger partial charge >= 0.3 is 0 Å². The molecule has 0 radical (unpaired) electrons. The summed E-state index contributed by atoms with van der Waals surface area (Å²) in [5.41, 5.74) is 7.72. The van der Waals surface area contributed by atoms with Crippen LogP contribution in [0.3, 0.4) is 0 Å². The number of carbonyl (C=O) groups excluding carboxylic acids is 1. The molecule has 4 nitrogen and oxygen atoms in total. The number of hydrogen-bond acceptors (Lipinski definition) is 3. The van der Waals surface area contributed by atoms with E-state index in [0.717, 1.165) is 50.0 Å². The average Bonchev–Trinajstić information content (AvgIpc) is 3.21. The van der Waals surface area contributed by atoms with E-state index in [-0.39, 0.29) is 5.91 Å². The van der Waals surface area contributed by atoms with Crippen LogP contribution in [0, 0.1) is 20.8 Å². The first-order valence-corrected chi connectivity index (χ1v) is 11.6. The van der Waals surface area contributed by atoms with Gasteiger partial charge < -0.3 is 14.5 Å². The number of aryl methyl sites for hydroxylation is 2. The monoisotopic (exact) mass is 493 g/mol. The van der Waals surface area contributed by atoms with Crippen molar-refractivity contribution in [1.29, 1.82) is 0 Å². The zero-order valence-corrected chi connectivity index (χ0v) is 21.2. The van der Waals surface area contributed by atoms with Crippen LogP contribution in [-0.2, 0) is 4.79 Å². The number of amides is 1. The molecule has 1 aromatic heterocycles. The lowest BCUT2D eigenvalue weighted by atomic mass is 9.96. The predicted molar refractivity (Wildman–Crippen MR) is 141 cm³/mol. The molecule has 0 fully saturated rings. The first kappa shape index (κ1) is 23.9. The zero-order chi connectivity index (χ0) is 24.6. The molecule has 3 aromatic carbocycles. The van der Waals surface area contributed by atoms with Gasteiger partial charge in [0.2, 0.25) is 5.91 Å². The Balaban J connectivity index is 1.79. The number of ether oxygens (including phenoxy) is 1. The Kier molecular flexibility index (Phi) is 6.74. The van der Waals surface area contributed by atoms with Gasteiger partial charge in [0.05, 0.1) is 18.4 Å². The van der Waals surface area contributed by atoms with E-state index in [1.807, 2.05) is 58.0 Å². The predicted octanol–water partition coefficient (Wildman–Crippen LogP) is 8.38. The molecule has 0 aliphatic rings. The van der Waals surface area contributed by atoms with E-state index in [1.54, 1.807) is 31.6 Å². The van der Waals surface area contributed by atoms with Crippen LogP contribution >= 0.6 is 23.2 Å². The number of allylic oxidation sites excluding steroid dienone is 1. The van der Waals surface area contributed by atoms with Crippen LogP contribution < -0.4 is 10.1 Å². The number of carbonyl (C=O) groups is 1. The summed E-state index contributed by atoms with van der Waals surface area (Å²) < 4.78 is 11.6. The number of anilines is 1. The molecule has 0 aliphatic heterocycles. The highest BCUT2D eigenvalue weighted by atomic mass is 35.5. The highest BCUT2D eigenvalue weighted by Crippen LogP contribution is 2.42. The maximum Gasteiger partial charge on any atom is 0.248 e. The van der Waals surface area contributed by atoms with E-state index in [1.165, 1.54) is 0 Å². The van der Waals surface area contributed by atoms with E-state index < -0.39 is 0 Å². The quantitative estimate of drug-likeness (QED) is 0.284. The second-order valence-corrected chi connectivity index (χ2v) is 9.14. The molecule has 34 heavy (non-hydrogen) atoms. The minimum atomic E-state index is -0.209. The lowest BCUT2D eigenvalue weighted by molar-refractivity contribution is -0.111. The molecule has 4 aromatic rings. The van der Waals surface area contributed by atoms with Crippen LogP contribution in [0.4, 0.5) is 5.69 Å². The second kappa shape index (κ2) is 9.57. The first-order chi connectivity index (χ1) is 16.2. The molecule has 0 spiro atoms. The Morgan fingerprint density at radius 2 is 1.79 bits per heavy atom. The lowest BCUT2D eigenvalue weighted by Crippen LogP contribution is -2.10. The third kappa shape index (κ3) is 4.44. The molecule has 0 saturated heterocycles. The van der Waals surface area contributed by atoms with Crippen LogP contribution in [0.15, 0.2) is 59.2 Å². The van der Waals surface area contributed by atoms with Crippen LogP contribution in [-0.4, -0.2) is 13.0 Å². The molecule has 4 rings (SSSR count). The van der Waals surface area contributed by atoms with Crippen LogP contribution in [0.1, 0.15) is 29.2 Å². The van der Waals surface area contributed by atoms with Crippen molar-refractivity contribution in [3.63, 3.8) is 0 Å². The SMILES string of the molecule is COc1c(/C(C)=C/C(=O)Nc2cccc(C)c2C)cc2c(-c3ccc(Cl)cc3Cl)coc2c1C. The molecule has 1 N–H and O–H groups in total. The van der Waals surface area contributed by atoms with E-state index in [4.69, 9.17) is 32.4 Å². The van der Waals surface area contributed by atoms with E-state index in [2.05, 4.69) is 5.32 Å². The lowest BCUT2D eigenvalue weighted by Gasteiger charge is -2.14. The van der Waals surface area contributed by atoms with Gasteiger partial charge in [-0.05, 0) is 68.7 Å². The Bertz CT molecular complexity index is 1450. The summed E-state index contributed by atoms with van der Waals surface area (Å²) >= 11 is 12.6. The van der Waals surface area contributed by atoms with Gasteiger partial charge in [-0.3, -0.25) is 4.79 Å². The van der Waals surface area contributed by atoms with Gasteiger partial charge in [-0.2, -0.15) is 0 Å². The maximum atomic E-state index is 12.8. The van der Waals surface area contributed by atoms with Crippen molar-refractivity contribution < 1.29 is 13.9 Å². The van der Waals surface area contributed by atoms with Crippen molar-refractivity contribution >= 4 is 51.3 Å². The topological polar surface area (TPSA) is 51.5 Å². The fourth-order valence-corrected chi connectivity index (χ4v) is 4.63. The van der Waals surface area contributed by atoms with E-state index in [0.29, 0.717) is 21.4 Å². The highest BCUT2D eigenvalue weighted by Gasteiger charge is 2.20. The van der Waals surface area contributed by atoms with E-state index in [9.17, 15) is 4.79 Å². The molecular formula is C28H25Cl2NO3. The summed E-state index contributed by atoms with van der Waals surface area (Å²) in [6.07, 6.45) is 3.27. The largest absolute Gasteiger partial charge is 0.496 e. The fraction of sp³-hybridized carbons (Fsp3) is 0.179. The second-order valence-electron chi connectivity index (χ2n) is 8.30. The normalized spacial score (nSPS) is 11.7. The molecule has 174 valence electrons. The average molecular weight is 494 g/mol. The van der Waals surface area contributed by atoms with Crippen LogP contribution in [0.2, 0.25) is 10.0 Å². The molecular weight excluding hydrogens is 469 g/mol. The Morgan fingerprint density at radius 1 is 1.03 bits per heavy atom. The molecule has 0 unspecified atom stereocenters.